The number of likely N-dealkylation sites (tertiary alicyclic amines) is 1. The van der Waals surface area contributed by atoms with Crippen LogP contribution in [0, 0.1) is 11.7 Å². The minimum atomic E-state index is -3.80. The van der Waals surface area contributed by atoms with Gasteiger partial charge in [0.1, 0.15) is 17.9 Å². The Morgan fingerprint density at radius 1 is 1.15 bits per heavy atom. The third-order valence-corrected chi connectivity index (χ3v) is 8.49. The van der Waals surface area contributed by atoms with Gasteiger partial charge in [0.05, 0.1) is 11.5 Å². The van der Waals surface area contributed by atoms with Crippen molar-refractivity contribution in [2.75, 3.05) is 17.9 Å². The summed E-state index contributed by atoms with van der Waals surface area (Å²) in [4.78, 5) is 6.49. The van der Waals surface area contributed by atoms with Crippen LogP contribution in [0.1, 0.15) is 49.4 Å². The van der Waals surface area contributed by atoms with Crippen LogP contribution in [0.4, 0.5) is 9.52 Å². The van der Waals surface area contributed by atoms with Gasteiger partial charge >= 0.3 is 0 Å². The second-order valence-corrected chi connectivity index (χ2v) is 11.1. The number of ether oxygens (including phenoxy) is 1. The quantitative estimate of drug-likeness (QED) is 0.557. The Morgan fingerprint density at radius 2 is 1.97 bits per heavy atom. The molecule has 174 valence electrons. The third kappa shape index (κ3) is 4.60. The van der Waals surface area contributed by atoms with Crippen LogP contribution in [0.25, 0.3) is 0 Å². The number of sulfonamides is 1. The van der Waals surface area contributed by atoms with Gasteiger partial charge in [0, 0.05) is 41.7 Å². The second-order valence-electron chi connectivity index (χ2n) is 8.64. The molecule has 5 rings (SSSR count). The molecule has 0 bridgehead atoms. The molecule has 1 fully saturated rings. The van der Waals surface area contributed by atoms with Crippen LogP contribution in [-0.4, -0.2) is 35.8 Å². The number of aromatic nitrogens is 2. The molecule has 10 heteroatoms. The van der Waals surface area contributed by atoms with Gasteiger partial charge in [-0.05, 0) is 49.1 Å². The zero-order valence-corrected chi connectivity index (χ0v) is 19.8. The van der Waals surface area contributed by atoms with Crippen molar-refractivity contribution in [2.45, 2.75) is 43.2 Å². The highest BCUT2D eigenvalue weighted by atomic mass is 32.2. The van der Waals surface area contributed by atoms with Gasteiger partial charge < -0.3 is 4.74 Å². The Morgan fingerprint density at radius 3 is 2.73 bits per heavy atom. The first kappa shape index (κ1) is 22.2. The molecule has 1 aromatic heterocycles. The SMILES string of the molecule is C[C@@H]1CCN([C@@H]2CCOc3cc(S(=O)(=O)Nc4ncns4)ccc32)[C@H](c2ccc(F)cc2)C1. The standard InChI is InChI=1S/C23H25FN4O3S2/c1-15-8-10-28(21(12-15)16-2-4-17(24)5-3-16)20-9-11-31-22-13-18(6-7-19(20)22)33(29,30)27-23-25-14-26-32-23/h2-7,13-15,20-21H,8-12H2,1H3,(H,25,26,27)/t15-,20-,21+/m1/s1. The second kappa shape index (κ2) is 9.00. The first-order valence-electron chi connectivity index (χ1n) is 11.0. The Balaban J connectivity index is 1.45. The topological polar surface area (TPSA) is 84.4 Å². The molecule has 3 atom stereocenters. The van der Waals surface area contributed by atoms with E-state index in [2.05, 4.69) is 25.9 Å². The predicted octanol–water partition coefficient (Wildman–Crippen LogP) is 4.77. The summed E-state index contributed by atoms with van der Waals surface area (Å²) < 4.78 is 51.3. The minimum absolute atomic E-state index is 0.101. The van der Waals surface area contributed by atoms with Gasteiger partial charge in [-0.2, -0.15) is 4.37 Å². The number of benzene rings is 2. The van der Waals surface area contributed by atoms with Gasteiger partial charge in [0.25, 0.3) is 10.0 Å². The number of nitrogens with one attached hydrogen (secondary N) is 1. The average molecular weight is 489 g/mol. The van der Waals surface area contributed by atoms with E-state index in [0.29, 0.717) is 18.3 Å². The lowest BCUT2D eigenvalue weighted by Gasteiger charge is -2.45. The molecule has 0 amide bonds. The number of hydrogen-bond donors (Lipinski definition) is 1. The van der Waals surface area contributed by atoms with Crippen molar-refractivity contribution in [3.05, 3.63) is 65.7 Å². The maximum Gasteiger partial charge on any atom is 0.263 e. The molecule has 0 unspecified atom stereocenters. The van der Waals surface area contributed by atoms with Crippen LogP contribution in [0.5, 0.6) is 5.75 Å². The molecule has 2 aliphatic heterocycles. The van der Waals surface area contributed by atoms with Crippen molar-refractivity contribution in [2.24, 2.45) is 5.92 Å². The molecule has 1 saturated heterocycles. The Bertz CT molecular complexity index is 1220. The summed E-state index contributed by atoms with van der Waals surface area (Å²) in [5.74, 6) is 0.930. The first-order valence-corrected chi connectivity index (χ1v) is 13.2. The maximum absolute atomic E-state index is 13.5. The lowest BCUT2D eigenvalue weighted by molar-refractivity contribution is 0.0487. The fraction of sp³-hybridized carbons (Fsp3) is 0.391. The largest absolute Gasteiger partial charge is 0.493 e. The van der Waals surface area contributed by atoms with Crippen LogP contribution in [0.15, 0.2) is 53.7 Å². The van der Waals surface area contributed by atoms with E-state index in [4.69, 9.17) is 4.74 Å². The molecule has 7 nitrogen and oxygen atoms in total. The average Bonchev–Trinajstić information content (AvgIpc) is 3.31. The van der Waals surface area contributed by atoms with E-state index in [9.17, 15) is 12.8 Å². The molecule has 2 aliphatic rings. The molecule has 33 heavy (non-hydrogen) atoms. The number of piperidine rings is 1. The van der Waals surface area contributed by atoms with E-state index < -0.39 is 10.0 Å². The van der Waals surface area contributed by atoms with E-state index in [1.54, 1.807) is 12.1 Å². The molecule has 3 aromatic rings. The molecule has 0 aliphatic carbocycles. The molecule has 1 N–H and O–H groups in total. The summed E-state index contributed by atoms with van der Waals surface area (Å²) in [7, 11) is -3.80. The molecule has 0 spiro atoms. The highest BCUT2D eigenvalue weighted by Gasteiger charge is 2.36. The fourth-order valence-corrected chi connectivity index (χ4v) is 6.48. The smallest absolute Gasteiger partial charge is 0.263 e. The van der Waals surface area contributed by atoms with Crippen molar-refractivity contribution >= 4 is 26.7 Å². The Kier molecular flexibility index (Phi) is 6.07. The lowest BCUT2D eigenvalue weighted by atomic mass is 9.85. The molecule has 0 radical (unpaired) electrons. The van der Waals surface area contributed by atoms with E-state index in [0.717, 1.165) is 48.5 Å². The first-order chi connectivity index (χ1) is 15.9. The summed E-state index contributed by atoms with van der Waals surface area (Å²) in [6.45, 7) is 3.69. The van der Waals surface area contributed by atoms with Crippen molar-refractivity contribution in [3.8, 4) is 5.75 Å². The summed E-state index contributed by atoms with van der Waals surface area (Å²) in [5, 5.41) is 0.219. The van der Waals surface area contributed by atoms with E-state index >= 15 is 0 Å². The van der Waals surface area contributed by atoms with Crippen LogP contribution in [0.3, 0.4) is 0 Å². The normalized spacial score (nSPS) is 23.5. The summed E-state index contributed by atoms with van der Waals surface area (Å²) in [6.07, 6.45) is 4.20. The van der Waals surface area contributed by atoms with Gasteiger partial charge in [-0.3, -0.25) is 9.62 Å². The Labute approximate surface area is 196 Å². The highest BCUT2D eigenvalue weighted by Crippen LogP contribution is 2.45. The number of rotatable bonds is 5. The third-order valence-electron chi connectivity index (χ3n) is 6.45. The monoisotopic (exact) mass is 488 g/mol. The van der Waals surface area contributed by atoms with E-state index in [1.165, 1.54) is 18.5 Å². The summed E-state index contributed by atoms with van der Waals surface area (Å²) >= 11 is 0.979. The molecule has 3 heterocycles. The van der Waals surface area contributed by atoms with Crippen molar-refractivity contribution in [1.82, 2.24) is 14.3 Å². The van der Waals surface area contributed by atoms with Crippen LogP contribution in [-0.2, 0) is 10.0 Å². The van der Waals surface area contributed by atoms with E-state index in [-0.39, 0.29) is 27.9 Å². The zero-order valence-electron chi connectivity index (χ0n) is 18.1. The maximum atomic E-state index is 13.5. The highest BCUT2D eigenvalue weighted by molar-refractivity contribution is 7.93. The van der Waals surface area contributed by atoms with Gasteiger partial charge in [0.15, 0.2) is 0 Å². The molecule has 2 aromatic carbocycles. The molecular formula is C23H25FN4O3S2. The van der Waals surface area contributed by atoms with Gasteiger partial charge in [-0.1, -0.05) is 25.1 Å². The van der Waals surface area contributed by atoms with Crippen molar-refractivity contribution < 1.29 is 17.5 Å². The zero-order chi connectivity index (χ0) is 23.0. The fourth-order valence-electron chi connectivity index (χ4n) is 4.80. The summed E-state index contributed by atoms with van der Waals surface area (Å²) in [5.41, 5.74) is 2.09. The minimum Gasteiger partial charge on any atom is -0.493 e. The number of anilines is 1. The molecular weight excluding hydrogens is 463 g/mol. The van der Waals surface area contributed by atoms with Gasteiger partial charge in [-0.15, -0.1) is 0 Å². The van der Waals surface area contributed by atoms with Crippen LogP contribution < -0.4 is 9.46 Å². The number of nitrogens with zero attached hydrogens (tertiary/aromatic N) is 3. The van der Waals surface area contributed by atoms with Gasteiger partial charge in [0.2, 0.25) is 5.13 Å². The molecule has 0 saturated carbocycles. The van der Waals surface area contributed by atoms with Crippen LogP contribution in [0.2, 0.25) is 0 Å². The van der Waals surface area contributed by atoms with Crippen LogP contribution >= 0.6 is 11.5 Å². The van der Waals surface area contributed by atoms with Crippen molar-refractivity contribution in [3.63, 3.8) is 0 Å². The summed E-state index contributed by atoms with van der Waals surface area (Å²) in [6, 6.07) is 12.1. The van der Waals surface area contributed by atoms with Gasteiger partial charge in [-0.25, -0.2) is 17.8 Å². The Hall–Kier alpha value is -2.56. The number of fused-ring (bicyclic) bond motifs is 1. The van der Waals surface area contributed by atoms with E-state index in [1.807, 2.05) is 18.2 Å². The van der Waals surface area contributed by atoms with Crippen molar-refractivity contribution in [1.29, 1.82) is 0 Å². The number of halogens is 1. The number of hydrogen-bond acceptors (Lipinski definition) is 7. The predicted molar refractivity (Wildman–Crippen MR) is 124 cm³/mol. The lowest BCUT2D eigenvalue weighted by Crippen LogP contribution is -2.40.